The molecule has 14 heteroatoms. The van der Waals surface area contributed by atoms with Crippen molar-refractivity contribution < 1.29 is 17.6 Å². The van der Waals surface area contributed by atoms with E-state index in [-0.39, 0.29) is 29.5 Å². The van der Waals surface area contributed by atoms with Crippen LogP contribution in [0.4, 0.5) is 28.9 Å². The summed E-state index contributed by atoms with van der Waals surface area (Å²) < 4.78 is 56.8. The molecule has 3 aromatic heterocycles. The lowest BCUT2D eigenvalue weighted by Crippen LogP contribution is -2.42. The molecule has 0 spiro atoms. The maximum atomic E-state index is 14.0. The summed E-state index contributed by atoms with van der Waals surface area (Å²) in [5.74, 6) is -0.692. The summed E-state index contributed by atoms with van der Waals surface area (Å²) in [5.41, 5.74) is 0.909. The van der Waals surface area contributed by atoms with E-state index >= 15 is 0 Å². The van der Waals surface area contributed by atoms with Crippen LogP contribution in [-0.2, 0) is 5.54 Å². The second-order valence-corrected chi connectivity index (χ2v) is 12.2. The molecule has 0 amide bonds. The quantitative estimate of drug-likeness (QED) is 0.172. The number of aromatic nitrogens is 5. The molecule has 0 bridgehead atoms. The minimum Gasteiger partial charge on any atom is -0.383 e. The van der Waals surface area contributed by atoms with Gasteiger partial charge in [-0.1, -0.05) is 43.7 Å². The van der Waals surface area contributed by atoms with E-state index in [1.165, 1.54) is 26.2 Å². The molecule has 1 aliphatic rings. The monoisotopic (exact) mass is 598 g/mol. The molecule has 3 heterocycles. The average Bonchev–Trinajstić information content (AvgIpc) is 3.62. The van der Waals surface area contributed by atoms with Gasteiger partial charge in [-0.15, -0.1) is 5.10 Å². The first-order valence-corrected chi connectivity index (χ1v) is 13.7. The summed E-state index contributed by atoms with van der Waals surface area (Å²) in [4.78, 5) is 8.31. The fourth-order valence-electron chi connectivity index (χ4n) is 5.03. The Kier molecular flexibility index (Phi) is 7.33. The molecule has 1 aromatic carbocycles. The van der Waals surface area contributed by atoms with Crippen molar-refractivity contribution in [3.8, 4) is 6.07 Å². The van der Waals surface area contributed by atoms with E-state index in [2.05, 4.69) is 57.8 Å². The number of anilines is 2. The number of hydrogen-bond donors (Lipinski definition) is 2. The van der Waals surface area contributed by atoms with Gasteiger partial charge in [0.2, 0.25) is 5.95 Å². The first-order valence-electron chi connectivity index (χ1n) is 13.3. The number of pyridine rings is 2. The maximum absolute atomic E-state index is 14.0. The fourth-order valence-corrected chi connectivity index (χ4v) is 5.29. The van der Waals surface area contributed by atoms with Crippen molar-refractivity contribution in [2.24, 2.45) is 5.41 Å². The molecule has 2 N–H and O–H groups in total. The van der Waals surface area contributed by atoms with Gasteiger partial charge < -0.3 is 10.6 Å². The molecule has 0 aliphatic heterocycles. The zero-order valence-corrected chi connectivity index (χ0v) is 24.4. The van der Waals surface area contributed by atoms with Crippen molar-refractivity contribution >= 4 is 47.3 Å². The topological polar surface area (TPSA) is 104 Å². The highest BCUT2D eigenvalue weighted by atomic mass is 35.5. The number of nitrogens with one attached hydrogen (secondary N) is 2. The van der Waals surface area contributed by atoms with Crippen LogP contribution in [0.15, 0.2) is 30.5 Å². The molecule has 1 saturated carbocycles. The summed E-state index contributed by atoms with van der Waals surface area (Å²) in [6, 6.07) is 7.39. The van der Waals surface area contributed by atoms with Crippen LogP contribution in [0.3, 0.4) is 0 Å². The first-order chi connectivity index (χ1) is 19.6. The molecule has 4 aromatic rings. The Morgan fingerprint density at radius 1 is 1.21 bits per heavy atom. The summed E-state index contributed by atoms with van der Waals surface area (Å²) >= 11 is 6.67. The lowest BCUT2D eigenvalue weighted by Gasteiger charge is -2.24. The highest BCUT2D eigenvalue weighted by Gasteiger charge is 2.66. The van der Waals surface area contributed by atoms with Crippen LogP contribution in [0.25, 0.3) is 10.9 Å². The van der Waals surface area contributed by atoms with E-state index < -0.39 is 23.7 Å². The molecule has 0 radical (unpaired) electrons. The molecule has 218 valence electrons. The normalized spacial score (nSPS) is 15.3. The summed E-state index contributed by atoms with van der Waals surface area (Å²) in [6.45, 7) is 8.33. The largest absolute Gasteiger partial charge is 0.413 e. The molecular weight excluding hydrogens is 571 g/mol. The summed E-state index contributed by atoms with van der Waals surface area (Å²) in [5, 5.41) is 25.5. The smallest absolute Gasteiger partial charge is 0.383 e. The molecule has 0 unspecified atom stereocenters. The molecule has 1 aliphatic carbocycles. The number of alkyl halides is 3. The van der Waals surface area contributed by atoms with Gasteiger partial charge in [0.1, 0.15) is 11.8 Å². The highest BCUT2D eigenvalue weighted by molar-refractivity contribution is 6.36. The molecule has 1 atom stereocenters. The van der Waals surface area contributed by atoms with Gasteiger partial charge in [-0.3, -0.25) is 4.98 Å². The molecule has 5 rings (SSSR count). The minimum absolute atomic E-state index is 0.0891. The van der Waals surface area contributed by atoms with Crippen molar-refractivity contribution in [1.82, 2.24) is 25.0 Å². The summed E-state index contributed by atoms with van der Waals surface area (Å²) in [7, 11) is 1.53. The fraction of sp³-hybridized carbons (Fsp3) is 0.393. The molecule has 42 heavy (non-hydrogen) atoms. The van der Waals surface area contributed by atoms with Gasteiger partial charge in [0, 0.05) is 40.7 Å². The lowest BCUT2D eigenvalue weighted by molar-refractivity contribution is -0.182. The number of aryl methyl sites for hydroxylation is 1. The van der Waals surface area contributed by atoms with Gasteiger partial charge in [-0.25, -0.2) is 9.67 Å². The van der Waals surface area contributed by atoms with Gasteiger partial charge in [-0.05, 0) is 43.4 Å². The number of nitriles is 1. The van der Waals surface area contributed by atoms with Gasteiger partial charge in [0.05, 0.1) is 27.8 Å². The Balaban J connectivity index is 1.64. The zero-order chi connectivity index (χ0) is 30.6. The Morgan fingerprint density at radius 3 is 2.52 bits per heavy atom. The van der Waals surface area contributed by atoms with Crippen molar-refractivity contribution in [3.05, 3.63) is 63.9 Å². The lowest BCUT2D eigenvalue weighted by atomic mass is 9.92. The third-order valence-electron chi connectivity index (χ3n) is 7.42. The second kappa shape index (κ2) is 10.4. The minimum atomic E-state index is -4.49. The number of nitrogens with zero attached hydrogens (tertiary/aromatic N) is 6. The van der Waals surface area contributed by atoms with Gasteiger partial charge in [-0.2, -0.15) is 22.8 Å². The number of halogens is 5. The van der Waals surface area contributed by atoms with Crippen LogP contribution in [0.2, 0.25) is 5.02 Å². The third-order valence-corrected chi connectivity index (χ3v) is 7.70. The first kappa shape index (κ1) is 29.6. The highest BCUT2D eigenvalue weighted by Crippen LogP contribution is 2.54. The van der Waals surface area contributed by atoms with Crippen LogP contribution in [0.5, 0.6) is 0 Å². The van der Waals surface area contributed by atoms with Crippen LogP contribution in [0.1, 0.15) is 62.2 Å². The van der Waals surface area contributed by atoms with E-state index in [0.717, 1.165) is 4.68 Å². The standard InChI is InChI=1S/C28H28BClF4N8/c1-14-17(5-6-20(31)38-14)23(24-25(29)42(41-40-24)27(7-8-27)28(32,33)34)39-16-9-18-21(37-13-26(2,3)4)15(11-35)12-36-22(18)19(30)10-16/h5-6,9-10,12,23,39H,7-8,13,29H2,1-4H3,(H,36,37)/t23-/m0/s1. The van der Waals surface area contributed by atoms with E-state index in [1.54, 1.807) is 19.1 Å². The second-order valence-electron chi connectivity index (χ2n) is 11.8. The average molecular weight is 599 g/mol. The van der Waals surface area contributed by atoms with Crippen molar-refractivity contribution in [2.45, 2.75) is 58.3 Å². The Morgan fingerprint density at radius 2 is 1.93 bits per heavy atom. The molecule has 0 saturated heterocycles. The Bertz CT molecular complexity index is 1720. The molecule has 1 fully saturated rings. The van der Waals surface area contributed by atoms with Crippen molar-refractivity contribution in [3.63, 3.8) is 0 Å². The predicted molar refractivity (Wildman–Crippen MR) is 155 cm³/mol. The van der Waals surface area contributed by atoms with E-state index in [0.29, 0.717) is 50.7 Å². The van der Waals surface area contributed by atoms with Crippen LogP contribution in [-0.4, -0.2) is 45.5 Å². The van der Waals surface area contributed by atoms with Gasteiger partial charge in [0.15, 0.2) is 13.4 Å². The predicted octanol–water partition coefficient (Wildman–Crippen LogP) is 5.16. The number of benzene rings is 1. The number of fused-ring (bicyclic) bond motifs is 1. The van der Waals surface area contributed by atoms with E-state index in [4.69, 9.17) is 11.6 Å². The van der Waals surface area contributed by atoms with E-state index in [9.17, 15) is 22.8 Å². The van der Waals surface area contributed by atoms with Crippen molar-refractivity contribution in [2.75, 3.05) is 17.2 Å². The maximum Gasteiger partial charge on any atom is 0.413 e. The van der Waals surface area contributed by atoms with Crippen LogP contribution in [0, 0.1) is 29.6 Å². The number of rotatable bonds is 7. The zero-order valence-electron chi connectivity index (χ0n) is 23.7. The molecular formula is C28H28BClF4N8. The van der Waals surface area contributed by atoms with Crippen LogP contribution >= 0.6 is 11.6 Å². The van der Waals surface area contributed by atoms with Gasteiger partial charge >= 0.3 is 6.18 Å². The SMILES string of the molecule is Bc1c([C@@H](Nc2cc(Cl)c3ncc(C#N)c(NCC(C)(C)C)c3c2)c2ccc(F)nc2C)nnn1C1(C(F)(F)F)CC1. The van der Waals surface area contributed by atoms with Gasteiger partial charge in [0.25, 0.3) is 0 Å². The summed E-state index contributed by atoms with van der Waals surface area (Å²) in [6.07, 6.45) is -3.21. The van der Waals surface area contributed by atoms with Crippen LogP contribution < -0.4 is 16.2 Å². The Labute approximate surface area is 245 Å². The van der Waals surface area contributed by atoms with Crippen molar-refractivity contribution in [1.29, 1.82) is 5.26 Å². The van der Waals surface area contributed by atoms with E-state index in [1.807, 2.05) is 0 Å². The molecule has 8 nitrogen and oxygen atoms in total. The number of hydrogen-bond acceptors (Lipinski definition) is 7. The Hall–Kier alpha value is -3.92. The third kappa shape index (κ3) is 5.35.